The Balaban J connectivity index is 1.18. The lowest BCUT2D eigenvalue weighted by Crippen LogP contribution is -2.20. The van der Waals surface area contributed by atoms with Gasteiger partial charge < -0.3 is 10.1 Å². The summed E-state index contributed by atoms with van der Waals surface area (Å²) >= 11 is 5.15. The summed E-state index contributed by atoms with van der Waals surface area (Å²) in [6.07, 6.45) is 1.55. The van der Waals surface area contributed by atoms with Crippen LogP contribution in [0.25, 0.3) is 10.2 Å². The Morgan fingerprint density at radius 3 is 2.56 bits per heavy atom. The van der Waals surface area contributed by atoms with Crippen LogP contribution >= 0.6 is 45.7 Å². The minimum Gasteiger partial charge on any atom is -0.484 e. The number of hydrogen-bond donors (Lipinski definition) is 2. The number of benzene rings is 3. The lowest BCUT2D eigenvalue weighted by Gasteiger charge is -2.08. The van der Waals surface area contributed by atoms with Crippen LogP contribution in [-0.4, -0.2) is 35.4 Å². The molecule has 34 heavy (non-hydrogen) atoms. The topological polar surface area (TPSA) is 92.7 Å². The number of anilines is 1. The standard InChI is InChI=1S/C24H19IN4O3S2/c25-17-7-9-18(10-8-17)27-22(30)14-32-19-11-5-16(6-12-19)13-26-29-23(31)15-33-24-28-20-3-1-2-4-21(20)34-24/h1-13H,14-15H2,(H,27,30)(H,29,31)/b26-13-. The van der Waals surface area contributed by atoms with Crippen molar-refractivity contribution in [1.29, 1.82) is 0 Å². The molecule has 0 radical (unpaired) electrons. The van der Waals surface area contributed by atoms with Gasteiger partial charge in [-0.1, -0.05) is 23.9 Å². The smallest absolute Gasteiger partial charge is 0.262 e. The fourth-order valence-electron chi connectivity index (χ4n) is 2.78. The third-order valence-electron chi connectivity index (χ3n) is 4.38. The number of hydrazone groups is 1. The van der Waals surface area contributed by atoms with Gasteiger partial charge in [0.2, 0.25) is 0 Å². The van der Waals surface area contributed by atoms with E-state index in [2.05, 4.69) is 43.4 Å². The molecular formula is C24H19IN4O3S2. The van der Waals surface area contributed by atoms with Gasteiger partial charge in [-0.3, -0.25) is 9.59 Å². The van der Waals surface area contributed by atoms with Crippen LogP contribution in [0.2, 0.25) is 0 Å². The van der Waals surface area contributed by atoms with Crippen LogP contribution in [0.3, 0.4) is 0 Å². The minimum atomic E-state index is -0.238. The fourth-order valence-corrected chi connectivity index (χ4v) is 5.00. The average Bonchev–Trinajstić information content (AvgIpc) is 3.27. The van der Waals surface area contributed by atoms with Crippen LogP contribution in [-0.2, 0) is 9.59 Å². The third kappa shape index (κ3) is 7.27. The van der Waals surface area contributed by atoms with Crippen LogP contribution in [0.4, 0.5) is 5.69 Å². The molecule has 1 heterocycles. The maximum absolute atomic E-state index is 12.0. The van der Waals surface area contributed by atoms with Crippen molar-refractivity contribution in [2.45, 2.75) is 4.34 Å². The maximum Gasteiger partial charge on any atom is 0.262 e. The molecule has 4 rings (SSSR count). The molecule has 0 spiro atoms. The van der Waals surface area contributed by atoms with Gasteiger partial charge in [0.25, 0.3) is 11.8 Å². The first kappa shape index (κ1) is 24.2. The summed E-state index contributed by atoms with van der Waals surface area (Å²) in [5, 5.41) is 6.78. The van der Waals surface area contributed by atoms with E-state index in [1.54, 1.807) is 41.8 Å². The number of thioether (sulfide) groups is 1. The van der Waals surface area contributed by atoms with E-state index in [0.29, 0.717) is 5.75 Å². The molecule has 2 N–H and O–H groups in total. The van der Waals surface area contributed by atoms with Gasteiger partial charge in [0.05, 0.1) is 22.2 Å². The van der Waals surface area contributed by atoms with Crippen molar-refractivity contribution in [3.8, 4) is 5.75 Å². The van der Waals surface area contributed by atoms with Gasteiger partial charge in [0.1, 0.15) is 5.75 Å². The molecule has 3 aromatic carbocycles. The lowest BCUT2D eigenvalue weighted by atomic mass is 10.2. The number of fused-ring (bicyclic) bond motifs is 1. The normalized spacial score (nSPS) is 11.0. The van der Waals surface area contributed by atoms with Gasteiger partial charge in [0, 0.05) is 9.26 Å². The van der Waals surface area contributed by atoms with E-state index in [9.17, 15) is 9.59 Å². The van der Waals surface area contributed by atoms with Crippen molar-refractivity contribution in [2.24, 2.45) is 5.10 Å². The van der Waals surface area contributed by atoms with E-state index in [4.69, 9.17) is 4.74 Å². The number of nitrogens with zero attached hydrogens (tertiary/aromatic N) is 2. The second kappa shape index (κ2) is 12.0. The van der Waals surface area contributed by atoms with E-state index < -0.39 is 0 Å². The number of hydrogen-bond acceptors (Lipinski definition) is 7. The maximum atomic E-state index is 12.0. The third-order valence-corrected chi connectivity index (χ3v) is 7.28. The van der Waals surface area contributed by atoms with E-state index in [1.807, 2.05) is 48.5 Å². The van der Waals surface area contributed by atoms with E-state index in [1.165, 1.54) is 11.8 Å². The minimum absolute atomic E-state index is 0.0954. The number of carbonyl (C=O) groups is 2. The molecular weight excluding hydrogens is 583 g/mol. The van der Waals surface area contributed by atoms with Gasteiger partial charge in [-0.2, -0.15) is 5.10 Å². The second-order valence-electron chi connectivity index (χ2n) is 6.94. The number of para-hydroxylation sites is 1. The summed E-state index contributed by atoms with van der Waals surface area (Å²) < 4.78 is 8.57. The number of ether oxygens (including phenoxy) is 1. The average molecular weight is 602 g/mol. The van der Waals surface area contributed by atoms with Crippen LogP contribution in [0.5, 0.6) is 5.75 Å². The molecule has 10 heteroatoms. The first-order chi connectivity index (χ1) is 16.5. The molecule has 0 aliphatic carbocycles. The number of aromatic nitrogens is 1. The molecule has 7 nitrogen and oxygen atoms in total. The van der Waals surface area contributed by atoms with E-state index in [0.717, 1.165) is 29.4 Å². The summed E-state index contributed by atoms with van der Waals surface area (Å²) in [5.41, 5.74) is 4.97. The molecule has 0 aliphatic heterocycles. The van der Waals surface area contributed by atoms with Gasteiger partial charge in [0.15, 0.2) is 10.9 Å². The Bertz CT molecular complexity index is 1280. The Labute approximate surface area is 218 Å². The van der Waals surface area contributed by atoms with Gasteiger partial charge in [-0.25, -0.2) is 10.4 Å². The Kier molecular flexibility index (Phi) is 8.50. The molecule has 0 saturated heterocycles. The van der Waals surface area contributed by atoms with Crippen molar-refractivity contribution in [2.75, 3.05) is 17.7 Å². The number of thiazole rings is 1. The highest BCUT2D eigenvalue weighted by molar-refractivity contribution is 14.1. The Hall–Kier alpha value is -2.96. The van der Waals surface area contributed by atoms with Crippen molar-refractivity contribution in [1.82, 2.24) is 10.4 Å². The van der Waals surface area contributed by atoms with Crippen LogP contribution in [0.1, 0.15) is 5.56 Å². The zero-order chi connectivity index (χ0) is 23.8. The summed E-state index contributed by atoms with van der Waals surface area (Å²) in [6.45, 7) is -0.0954. The highest BCUT2D eigenvalue weighted by Crippen LogP contribution is 2.29. The van der Waals surface area contributed by atoms with E-state index in [-0.39, 0.29) is 24.2 Å². The van der Waals surface area contributed by atoms with Crippen LogP contribution < -0.4 is 15.5 Å². The number of rotatable bonds is 9. The molecule has 2 amide bonds. The lowest BCUT2D eigenvalue weighted by molar-refractivity contribution is -0.119. The Morgan fingerprint density at radius 1 is 1.03 bits per heavy atom. The zero-order valence-electron chi connectivity index (χ0n) is 17.7. The van der Waals surface area contributed by atoms with Gasteiger partial charge in [-0.15, -0.1) is 11.3 Å². The van der Waals surface area contributed by atoms with Crippen molar-refractivity contribution in [3.63, 3.8) is 0 Å². The number of halogens is 1. The van der Waals surface area contributed by atoms with Crippen molar-refractivity contribution in [3.05, 3.63) is 81.9 Å². The Morgan fingerprint density at radius 2 is 1.79 bits per heavy atom. The second-order valence-corrected chi connectivity index (χ2v) is 10.4. The first-order valence-electron chi connectivity index (χ1n) is 10.1. The molecule has 0 aliphatic rings. The summed E-state index contributed by atoms with van der Waals surface area (Å²) in [4.78, 5) is 28.6. The molecule has 0 bridgehead atoms. The number of amides is 2. The van der Waals surface area contributed by atoms with Gasteiger partial charge >= 0.3 is 0 Å². The predicted molar refractivity (Wildman–Crippen MR) is 146 cm³/mol. The van der Waals surface area contributed by atoms with E-state index >= 15 is 0 Å². The van der Waals surface area contributed by atoms with Crippen LogP contribution in [0.15, 0.2) is 82.2 Å². The molecule has 0 saturated carbocycles. The predicted octanol–water partition coefficient (Wildman–Crippen LogP) is 5.16. The number of carbonyl (C=O) groups excluding carboxylic acids is 2. The summed E-state index contributed by atoms with van der Waals surface area (Å²) in [6, 6.07) is 22.5. The molecule has 0 unspecified atom stereocenters. The van der Waals surface area contributed by atoms with Crippen molar-refractivity contribution < 1.29 is 14.3 Å². The quantitative estimate of drug-likeness (QED) is 0.120. The summed E-state index contributed by atoms with van der Waals surface area (Å²) in [5.74, 6) is 0.345. The monoisotopic (exact) mass is 602 g/mol. The van der Waals surface area contributed by atoms with Crippen molar-refractivity contribution >= 4 is 79.6 Å². The first-order valence-corrected chi connectivity index (χ1v) is 13.0. The molecule has 4 aromatic rings. The highest BCUT2D eigenvalue weighted by atomic mass is 127. The highest BCUT2D eigenvalue weighted by Gasteiger charge is 2.07. The largest absolute Gasteiger partial charge is 0.484 e. The molecule has 172 valence electrons. The SMILES string of the molecule is O=C(CSc1nc2ccccc2s1)N/N=C\c1ccc(OCC(=O)Nc2ccc(I)cc2)cc1. The molecule has 0 atom stereocenters. The van der Waals surface area contributed by atoms with Gasteiger partial charge in [-0.05, 0) is 88.8 Å². The summed E-state index contributed by atoms with van der Waals surface area (Å²) in [7, 11) is 0. The van der Waals surface area contributed by atoms with Crippen LogP contribution in [0, 0.1) is 3.57 Å². The zero-order valence-corrected chi connectivity index (χ0v) is 21.5. The molecule has 0 fully saturated rings. The molecule has 1 aromatic heterocycles. The fraction of sp³-hybridized carbons (Fsp3) is 0.0833. The number of nitrogens with one attached hydrogen (secondary N) is 2.